The van der Waals surface area contributed by atoms with Crippen molar-refractivity contribution in [2.75, 3.05) is 5.73 Å². The van der Waals surface area contributed by atoms with Gasteiger partial charge in [-0.05, 0) is 46.4 Å². The average molecular weight is 454 g/mol. The monoisotopic (exact) mass is 453 g/mol. The molecule has 3 nitrogen and oxygen atoms in total. The minimum atomic E-state index is 0.690. The number of anilines is 1. The van der Waals surface area contributed by atoms with E-state index < -0.39 is 0 Å². The van der Waals surface area contributed by atoms with Crippen LogP contribution in [0.3, 0.4) is 0 Å². The molecule has 0 radical (unpaired) electrons. The van der Waals surface area contributed by atoms with Crippen LogP contribution < -0.4 is 5.73 Å². The fraction of sp³-hybridized carbons (Fsp3) is 0.0625. The van der Waals surface area contributed by atoms with E-state index in [1.54, 1.807) is 0 Å². The summed E-state index contributed by atoms with van der Waals surface area (Å²) in [6.07, 6.45) is 1.88. The molecular weight excluding hydrogens is 441 g/mol. The highest BCUT2D eigenvalue weighted by Gasteiger charge is 2.09. The molecule has 0 aliphatic rings. The molecule has 0 saturated heterocycles. The average Bonchev–Trinajstić information content (AvgIpc) is 2.83. The highest BCUT2D eigenvalue weighted by molar-refractivity contribution is 14.1. The van der Waals surface area contributed by atoms with Crippen molar-refractivity contribution in [3.63, 3.8) is 0 Å². The molecule has 1 aromatic heterocycles. The summed E-state index contributed by atoms with van der Waals surface area (Å²) < 4.78 is 4.15. The molecule has 0 amide bonds. The van der Waals surface area contributed by atoms with Gasteiger partial charge in [0.2, 0.25) is 0 Å². The number of rotatable bonds is 3. The molecule has 0 fully saturated rings. The molecule has 106 valence electrons. The number of benzene rings is 2. The fourth-order valence-corrected chi connectivity index (χ4v) is 2.92. The Hall–Kier alpha value is -1.34. The van der Waals surface area contributed by atoms with Crippen molar-refractivity contribution in [2.24, 2.45) is 0 Å². The normalized spacial score (nSPS) is 10.8. The number of hydrogen-bond acceptors (Lipinski definition) is 2. The van der Waals surface area contributed by atoms with E-state index in [9.17, 15) is 0 Å². The first kappa shape index (κ1) is 14.6. The summed E-state index contributed by atoms with van der Waals surface area (Å²) in [6.45, 7) is 0.690. The zero-order valence-electron chi connectivity index (χ0n) is 11.1. The Labute approximate surface area is 145 Å². The largest absolute Gasteiger partial charge is 0.396 e. The summed E-state index contributed by atoms with van der Waals surface area (Å²) in [6, 6.07) is 16.3. The second-order valence-electron chi connectivity index (χ2n) is 4.73. The third kappa shape index (κ3) is 3.29. The molecule has 0 aliphatic heterocycles. The zero-order valence-corrected chi connectivity index (χ0v) is 14.9. The lowest BCUT2D eigenvalue weighted by Crippen LogP contribution is -2.01. The molecule has 0 saturated carbocycles. The quantitative estimate of drug-likeness (QED) is 0.591. The van der Waals surface area contributed by atoms with Crippen LogP contribution in [0.4, 0.5) is 5.69 Å². The van der Waals surface area contributed by atoms with E-state index in [4.69, 9.17) is 5.73 Å². The van der Waals surface area contributed by atoms with Crippen LogP contribution in [-0.4, -0.2) is 9.78 Å². The van der Waals surface area contributed by atoms with Gasteiger partial charge in [-0.1, -0.05) is 46.3 Å². The summed E-state index contributed by atoms with van der Waals surface area (Å²) in [5, 5.41) is 4.61. The van der Waals surface area contributed by atoms with E-state index in [0.717, 1.165) is 15.7 Å². The number of nitrogens with two attached hydrogens (primary N) is 1. The number of nitrogens with zero attached hydrogens (tertiary/aromatic N) is 2. The SMILES string of the molecule is Nc1cn(Cc2ccccc2Br)nc1-c1ccc(I)cc1. The molecule has 3 rings (SSSR count). The van der Waals surface area contributed by atoms with Crippen LogP contribution in [0.15, 0.2) is 59.2 Å². The predicted molar refractivity (Wildman–Crippen MR) is 98.0 cm³/mol. The van der Waals surface area contributed by atoms with Crippen molar-refractivity contribution in [3.8, 4) is 11.3 Å². The van der Waals surface area contributed by atoms with Crippen LogP contribution in [0, 0.1) is 3.57 Å². The lowest BCUT2D eigenvalue weighted by Gasteiger charge is -2.04. The molecular formula is C16H13BrIN3. The minimum Gasteiger partial charge on any atom is -0.396 e. The molecule has 0 unspecified atom stereocenters. The van der Waals surface area contributed by atoms with Crippen molar-refractivity contribution in [2.45, 2.75) is 6.54 Å². The third-order valence-electron chi connectivity index (χ3n) is 3.20. The maximum Gasteiger partial charge on any atom is 0.115 e. The van der Waals surface area contributed by atoms with E-state index in [-0.39, 0.29) is 0 Å². The Balaban J connectivity index is 1.91. The van der Waals surface area contributed by atoms with Gasteiger partial charge in [-0.15, -0.1) is 0 Å². The fourth-order valence-electron chi connectivity index (χ4n) is 2.15. The second kappa shape index (κ2) is 6.19. The van der Waals surface area contributed by atoms with Gasteiger partial charge in [0.1, 0.15) is 5.69 Å². The van der Waals surface area contributed by atoms with Gasteiger partial charge in [0.25, 0.3) is 0 Å². The number of halogens is 2. The van der Waals surface area contributed by atoms with E-state index in [1.807, 2.05) is 41.2 Å². The highest BCUT2D eigenvalue weighted by Crippen LogP contribution is 2.25. The number of aromatic nitrogens is 2. The standard InChI is InChI=1S/C16H13BrIN3/c17-14-4-2-1-3-12(14)9-21-10-15(19)16(20-21)11-5-7-13(18)8-6-11/h1-8,10H,9,19H2. The van der Waals surface area contributed by atoms with Crippen LogP contribution in [0.1, 0.15) is 5.56 Å². The van der Waals surface area contributed by atoms with E-state index in [2.05, 4.69) is 61.8 Å². The van der Waals surface area contributed by atoms with Crippen LogP contribution in [0.25, 0.3) is 11.3 Å². The zero-order chi connectivity index (χ0) is 14.8. The van der Waals surface area contributed by atoms with Crippen LogP contribution >= 0.6 is 38.5 Å². The summed E-state index contributed by atoms with van der Waals surface area (Å²) in [5.74, 6) is 0. The molecule has 0 bridgehead atoms. The second-order valence-corrected chi connectivity index (χ2v) is 6.83. The lowest BCUT2D eigenvalue weighted by molar-refractivity contribution is 0.687. The van der Waals surface area contributed by atoms with E-state index in [1.165, 1.54) is 9.13 Å². The summed E-state index contributed by atoms with van der Waals surface area (Å²) in [4.78, 5) is 0. The van der Waals surface area contributed by atoms with Crippen LogP contribution in [-0.2, 0) is 6.54 Å². The summed E-state index contributed by atoms with van der Waals surface area (Å²) in [7, 11) is 0. The Morgan fingerprint density at radius 1 is 1.10 bits per heavy atom. The first-order valence-electron chi connectivity index (χ1n) is 6.46. The van der Waals surface area contributed by atoms with E-state index in [0.29, 0.717) is 12.2 Å². The summed E-state index contributed by atoms with van der Waals surface area (Å²) in [5.41, 5.74) is 9.85. The molecule has 0 spiro atoms. The summed E-state index contributed by atoms with van der Waals surface area (Å²) >= 11 is 5.85. The first-order valence-corrected chi connectivity index (χ1v) is 8.33. The van der Waals surface area contributed by atoms with Crippen LogP contribution in [0.2, 0.25) is 0 Å². The Bertz CT molecular complexity index is 765. The molecule has 5 heteroatoms. The molecule has 21 heavy (non-hydrogen) atoms. The van der Waals surface area contributed by atoms with Gasteiger partial charge in [0, 0.05) is 19.8 Å². The molecule has 0 atom stereocenters. The molecule has 2 N–H and O–H groups in total. The van der Waals surface area contributed by atoms with Crippen molar-refractivity contribution in [1.29, 1.82) is 0 Å². The Kier molecular flexibility index (Phi) is 4.30. The van der Waals surface area contributed by atoms with Crippen molar-refractivity contribution < 1.29 is 0 Å². The lowest BCUT2D eigenvalue weighted by atomic mass is 10.1. The minimum absolute atomic E-state index is 0.690. The van der Waals surface area contributed by atoms with E-state index >= 15 is 0 Å². The molecule has 1 heterocycles. The maximum absolute atomic E-state index is 6.11. The van der Waals surface area contributed by atoms with Crippen molar-refractivity contribution in [1.82, 2.24) is 9.78 Å². The first-order chi connectivity index (χ1) is 10.1. The smallest absolute Gasteiger partial charge is 0.115 e. The van der Waals surface area contributed by atoms with Gasteiger partial charge in [-0.2, -0.15) is 5.10 Å². The molecule has 0 aliphatic carbocycles. The molecule has 2 aromatic carbocycles. The van der Waals surface area contributed by atoms with Crippen LogP contribution in [0.5, 0.6) is 0 Å². The number of nitrogen functional groups attached to an aromatic ring is 1. The Morgan fingerprint density at radius 3 is 2.52 bits per heavy atom. The van der Waals surface area contributed by atoms with Gasteiger partial charge in [0.05, 0.1) is 12.2 Å². The van der Waals surface area contributed by atoms with Crippen molar-refractivity contribution >= 4 is 44.2 Å². The van der Waals surface area contributed by atoms with Gasteiger partial charge in [-0.25, -0.2) is 0 Å². The third-order valence-corrected chi connectivity index (χ3v) is 4.69. The highest BCUT2D eigenvalue weighted by atomic mass is 127. The van der Waals surface area contributed by atoms with Gasteiger partial charge in [-0.3, -0.25) is 4.68 Å². The number of hydrogen-bond donors (Lipinski definition) is 1. The Morgan fingerprint density at radius 2 is 1.81 bits per heavy atom. The maximum atomic E-state index is 6.11. The molecule has 3 aromatic rings. The van der Waals surface area contributed by atoms with Gasteiger partial charge < -0.3 is 5.73 Å². The van der Waals surface area contributed by atoms with Crippen molar-refractivity contribution in [3.05, 3.63) is 68.3 Å². The van der Waals surface area contributed by atoms with Gasteiger partial charge in [0.15, 0.2) is 0 Å². The van der Waals surface area contributed by atoms with Gasteiger partial charge >= 0.3 is 0 Å². The predicted octanol–water partition coefficient (Wildman–Crippen LogP) is 4.55. The topological polar surface area (TPSA) is 43.8 Å².